The summed E-state index contributed by atoms with van der Waals surface area (Å²) < 4.78 is 15.1. The Morgan fingerprint density at radius 1 is 0.960 bits per heavy atom. The van der Waals surface area contributed by atoms with Crippen molar-refractivity contribution >= 4 is 17.8 Å². The van der Waals surface area contributed by atoms with Crippen LogP contribution in [-0.4, -0.2) is 38.6 Å². The quantitative estimate of drug-likeness (QED) is 0.805. The van der Waals surface area contributed by atoms with Crippen LogP contribution in [0.15, 0.2) is 48.5 Å². The predicted octanol–water partition coefficient (Wildman–Crippen LogP) is 1.82. The number of carbonyl (C=O) groups is 3. The van der Waals surface area contributed by atoms with Crippen LogP contribution in [0.25, 0.3) is 0 Å². The molecule has 0 aliphatic heterocycles. The summed E-state index contributed by atoms with van der Waals surface area (Å²) in [6, 6.07) is 12.8. The van der Waals surface area contributed by atoms with E-state index < -0.39 is 24.4 Å². The van der Waals surface area contributed by atoms with Gasteiger partial charge in [-0.1, -0.05) is 18.2 Å². The lowest BCUT2D eigenvalue weighted by atomic mass is 10.2. The van der Waals surface area contributed by atoms with Gasteiger partial charge in [-0.3, -0.25) is 14.9 Å². The highest BCUT2D eigenvalue weighted by Gasteiger charge is 2.17. The molecule has 1 N–H and O–H groups in total. The predicted molar refractivity (Wildman–Crippen MR) is 88.7 cm³/mol. The number of hydrogen-bond donors (Lipinski definition) is 1. The molecule has 2 amide bonds. The Balaban J connectivity index is 1.93. The van der Waals surface area contributed by atoms with Gasteiger partial charge < -0.3 is 14.2 Å². The van der Waals surface area contributed by atoms with Crippen molar-refractivity contribution in [1.82, 2.24) is 5.32 Å². The fourth-order valence-corrected chi connectivity index (χ4v) is 2.00. The van der Waals surface area contributed by atoms with Crippen molar-refractivity contribution in [2.24, 2.45) is 0 Å². The number of imide groups is 1. The molecule has 0 bridgehead atoms. The molecule has 25 heavy (non-hydrogen) atoms. The first-order valence-corrected chi connectivity index (χ1v) is 7.33. The smallest absolute Gasteiger partial charge is 0.342 e. The van der Waals surface area contributed by atoms with E-state index in [0.29, 0.717) is 11.3 Å². The molecule has 0 fully saturated rings. The Bertz CT molecular complexity index is 772. The zero-order chi connectivity index (χ0) is 18.2. The molecule has 2 aromatic carbocycles. The van der Waals surface area contributed by atoms with Crippen molar-refractivity contribution in [1.29, 1.82) is 0 Å². The van der Waals surface area contributed by atoms with Gasteiger partial charge in [-0.2, -0.15) is 0 Å². The van der Waals surface area contributed by atoms with Gasteiger partial charge in [0.2, 0.25) is 0 Å². The minimum absolute atomic E-state index is 0.144. The highest BCUT2D eigenvalue weighted by atomic mass is 16.5. The van der Waals surface area contributed by atoms with Crippen LogP contribution in [-0.2, 0) is 9.53 Å². The molecule has 0 atom stereocenters. The van der Waals surface area contributed by atoms with Crippen LogP contribution in [0.3, 0.4) is 0 Å². The molecule has 130 valence electrons. The Morgan fingerprint density at radius 3 is 2.32 bits per heavy atom. The molecule has 7 nitrogen and oxygen atoms in total. The van der Waals surface area contributed by atoms with E-state index in [4.69, 9.17) is 14.2 Å². The Kier molecular flexibility index (Phi) is 6.11. The minimum atomic E-state index is -0.748. The molecule has 0 unspecified atom stereocenters. The number of amides is 2. The summed E-state index contributed by atoms with van der Waals surface area (Å²) in [5, 5.41) is 2.14. The van der Waals surface area contributed by atoms with Gasteiger partial charge in [-0.25, -0.2) is 4.79 Å². The topological polar surface area (TPSA) is 90.9 Å². The van der Waals surface area contributed by atoms with Gasteiger partial charge in [0.25, 0.3) is 11.8 Å². The second-order valence-electron chi connectivity index (χ2n) is 4.89. The van der Waals surface area contributed by atoms with Crippen molar-refractivity contribution in [3.05, 3.63) is 59.7 Å². The zero-order valence-corrected chi connectivity index (χ0v) is 13.8. The lowest BCUT2D eigenvalue weighted by Gasteiger charge is -2.10. The third-order valence-corrected chi connectivity index (χ3v) is 3.25. The fraction of sp³-hybridized carbons (Fsp3) is 0.167. The maximum Gasteiger partial charge on any atom is 0.342 e. The second kappa shape index (κ2) is 8.49. The lowest BCUT2D eigenvalue weighted by molar-refractivity contribution is -0.123. The van der Waals surface area contributed by atoms with Crippen molar-refractivity contribution in [3.63, 3.8) is 0 Å². The molecule has 7 heteroatoms. The molecule has 2 aromatic rings. The van der Waals surface area contributed by atoms with Crippen molar-refractivity contribution in [2.75, 3.05) is 20.8 Å². The first kappa shape index (κ1) is 18.0. The van der Waals surface area contributed by atoms with E-state index in [2.05, 4.69) is 5.32 Å². The van der Waals surface area contributed by atoms with E-state index in [1.807, 2.05) is 0 Å². The fourth-order valence-electron chi connectivity index (χ4n) is 2.00. The van der Waals surface area contributed by atoms with E-state index in [-0.39, 0.29) is 11.3 Å². The molecule has 0 saturated carbocycles. The standard InChI is InChI=1S/C18H17NO6/c1-23-13-8-9-14(15(10-13)24-2)18(22)25-11-16(20)19-17(21)12-6-4-3-5-7-12/h3-10H,11H2,1-2H3,(H,19,20,21). The van der Waals surface area contributed by atoms with Crippen LogP contribution < -0.4 is 14.8 Å². The molecular weight excluding hydrogens is 326 g/mol. The number of benzene rings is 2. The first-order valence-electron chi connectivity index (χ1n) is 7.33. The summed E-state index contributed by atoms with van der Waals surface area (Å²) in [5.74, 6) is -1.27. The molecule has 0 aliphatic rings. The van der Waals surface area contributed by atoms with Gasteiger partial charge in [0.05, 0.1) is 14.2 Å². The minimum Gasteiger partial charge on any atom is -0.497 e. The van der Waals surface area contributed by atoms with E-state index in [9.17, 15) is 14.4 Å². The number of ether oxygens (including phenoxy) is 3. The van der Waals surface area contributed by atoms with Crippen molar-refractivity contribution in [2.45, 2.75) is 0 Å². The van der Waals surface area contributed by atoms with Gasteiger partial charge in [-0.05, 0) is 24.3 Å². The molecule has 0 saturated heterocycles. The SMILES string of the molecule is COc1ccc(C(=O)OCC(=O)NC(=O)c2ccccc2)c(OC)c1. The zero-order valence-electron chi connectivity index (χ0n) is 13.8. The third-order valence-electron chi connectivity index (χ3n) is 3.25. The number of rotatable bonds is 6. The summed E-state index contributed by atoms with van der Waals surface area (Å²) in [5.41, 5.74) is 0.476. The van der Waals surface area contributed by atoms with Crippen LogP contribution in [0.1, 0.15) is 20.7 Å². The number of esters is 1. The van der Waals surface area contributed by atoms with Crippen LogP contribution in [0.5, 0.6) is 11.5 Å². The summed E-state index contributed by atoms with van der Waals surface area (Å²) in [6.07, 6.45) is 0. The molecular formula is C18H17NO6. The summed E-state index contributed by atoms with van der Waals surface area (Å²) >= 11 is 0. The number of carbonyl (C=O) groups excluding carboxylic acids is 3. The molecule has 0 heterocycles. The van der Waals surface area contributed by atoms with E-state index >= 15 is 0 Å². The second-order valence-corrected chi connectivity index (χ2v) is 4.89. The molecule has 0 spiro atoms. The van der Waals surface area contributed by atoms with Gasteiger partial charge in [0.1, 0.15) is 17.1 Å². The summed E-state index contributed by atoms with van der Waals surface area (Å²) in [6.45, 7) is -0.591. The van der Waals surface area contributed by atoms with Crippen LogP contribution in [0, 0.1) is 0 Å². The number of methoxy groups -OCH3 is 2. The summed E-state index contributed by atoms with van der Waals surface area (Å²) in [7, 11) is 2.89. The normalized spacial score (nSPS) is 9.84. The average molecular weight is 343 g/mol. The van der Waals surface area contributed by atoms with Crippen LogP contribution in [0.4, 0.5) is 0 Å². The Hall–Kier alpha value is -3.35. The van der Waals surface area contributed by atoms with Gasteiger partial charge in [0.15, 0.2) is 6.61 Å². The molecule has 2 rings (SSSR count). The monoisotopic (exact) mass is 343 g/mol. The maximum atomic E-state index is 12.1. The lowest BCUT2D eigenvalue weighted by Crippen LogP contribution is -2.34. The van der Waals surface area contributed by atoms with Crippen LogP contribution >= 0.6 is 0 Å². The molecule has 0 aliphatic carbocycles. The first-order chi connectivity index (χ1) is 12.0. The molecule has 0 radical (unpaired) electrons. The number of nitrogens with one attached hydrogen (secondary N) is 1. The van der Waals surface area contributed by atoms with Gasteiger partial charge >= 0.3 is 5.97 Å². The van der Waals surface area contributed by atoms with Gasteiger partial charge in [-0.15, -0.1) is 0 Å². The third kappa shape index (κ3) is 4.81. The highest BCUT2D eigenvalue weighted by Crippen LogP contribution is 2.25. The largest absolute Gasteiger partial charge is 0.497 e. The molecule has 0 aromatic heterocycles. The van der Waals surface area contributed by atoms with E-state index in [1.54, 1.807) is 36.4 Å². The number of hydrogen-bond acceptors (Lipinski definition) is 6. The maximum absolute atomic E-state index is 12.1. The Labute approximate surface area is 144 Å². The highest BCUT2D eigenvalue weighted by molar-refractivity contribution is 6.05. The van der Waals surface area contributed by atoms with E-state index in [0.717, 1.165) is 0 Å². The van der Waals surface area contributed by atoms with Crippen molar-refractivity contribution in [3.8, 4) is 11.5 Å². The van der Waals surface area contributed by atoms with Crippen molar-refractivity contribution < 1.29 is 28.6 Å². The van der Waals surface area contributed by atoms with E-state index in [1.165, 1.54) is 26.4 Å². The van der Waals surface area contributed by atoms with Gasteiger partial charge in [0, 0.05) is 11.6 Å². The average Bonchev–Trinajstić information content (AvgIpc) is 2.66. The Morgan fingerprint density at radius 2 is 1.68 bits per heavy atom. The van der Waals surface area contributed by atoms with Crippen LogP contribution in [0.2, 0.25) is 0 Å². The summed E-state index contributed by atoms with van der Waals surface area (Å²) in [4.78, 5) is 35.7.